The van der Waals surface area contributed by atoms with Crippen LogP contribution in [0.5, 0.6) is 0 Å². The minimum atomic E-state index is -1.65. The summed E-state index contributed by atoms with van der Waals surface area (Å²) in [5, 5.41) is 27.8. The molecule has 1 fully saturated rings. The van der Waals surface area contributed by atoms with E-state index in [0.717, 1.165) is 0 Å². The number of rotatable bonds is 2. The molecule has 0 bridgehead atoms. The summed E-state index contributed by atoms with van der Waals surface area (Å²) in [5.41, 5.74) is 5.48. The second-order valence-corrected chi connectivity index (χ2v) is 2.91. The molecule has 2 unspecified atom stereocenters. The molecule has 1 heterocycles. The van der Waals surface area contributed by atoms with Gasteiger partial charge in [-0.2, -0.15) is 0 Å². The van der Waals surface area contributed by atoms with Gasteiger partial charge in [0.15, 0.2) is 6.29 Å². The van der Waals surface area contributed by atoms with Gasteiger partial charge in [0.05, 0.1) is 14.0 Å². The van der Waals surface area contributed by atoms with Crippen molar-refractivity contribution in [3.05, 3.63) is 0 Å². The first-order valence-corrected chi connectivity index (χ1v) is 3.89. The maximum absolute atomic E-state index is 9.44. The highest BCUT2D eigenvalue weighted by Crippen LogP contribution is 2.19. The van der Waals surface area contributed by atoms with Crippen molar-refractivity contribution in [2.75, 3.05) is 13.7 Å². The number of hydrogen-bond acceptors (Lipinski definition) is 6. The predicted molar refractivity (Wildman–Crippen MR) is 42.7 cm³/mol. The third-order valence-electron chi connectivity index (χ3n) is 2.07. The lowest BCUT2D eigenvalue weighted by molar-refractivity contribution is -0.257. The first-order chi connectivity index (χ1) is 6.49. The van der Waals surface area contributed by atoms with Crippen LogP contribution < -0.4 is 5.73 Å². The highest BCUT2D eigenvalue weighted by atomic mass is 16.7. The summed E-state index contributed by atoms with van der Waals surface area (Å²) >= 11 is 0. The van der Waals surface area contributed by atoms with Gasteiger partial charge in [-0.15, -0.1) is 0 Å². The van der Waals surface area contributed by atoms with Crippen molar-refractivity contribution < 1.29 is 26.2 Å². The smallest absolute Gasteiger partial charge is 0.175 e. The molecule has 1 aliphatic rings. The minimum Gasteiger partial charge on any atom is -0.394 e. The van der Waals surface area contributed by atoms with E-state index in [1.54, 1.807) is 0 Å². The lowest BCUT2D eigenvalue weighted by Gasteiger charge is -2.39. The third-order valence-corrected chi connectivity index (χ3v) is 2.07. The summed E-state index contributed by atoms with van der Waals surface area (Å²) in [6, 6.07) is -0.898. The summed E-state index contributed by atoms with van der Waals surface area (Å²) < 4.78 is 16.8. The van der Waals surface area contributed by atoms with E-state index in [-0.39, 0.29) is 0 Å². The van der Waals surface area contributed by atoms with Gasteiger partial charge in [-0.1, -0.05) is 0 Å². The second kappa shape index (κ2) is 4.32. The van der Waals surface area contributed by atoms with Crippen molar-refractivity contribution in [1.82, 2.24) is 0 Å². The third kappa shape index (κ3) is 1.98. The van der Waals surface area contributed by atoms with Crippen molar-refractivity contribution in [1.29, 1.82) is 0 Å². The predicted octanol–water partition coefficient (Wildman–Crippen LogP) is -2.60. The van der Waals surface area contributed by atoms with Gasteiger partial charge in [-0.05, 0) is 0 Å². The topological polar surface area (TPSA) is 105 Å². The molecule has 1 aliphatic heterocycles. The number of nitrogens with two attached hydrogens (primary N) is 1. The fraction of sp³-hybridized carbons (Fsp3) is 1.00. The van der Waals surface area contributed by atoms with Crippen LogP contribution in [0.1, 0.15) is 1.37 Å². The van der Waals surface area contributed by atoms with Crippen molar-refractivity contribution in [2.45, 2.75) is 30.6 Å². The highest BCUT2D eigenvalue weighted by molar-refractivity contribution is 4.91. The van der Waals surface area contributed by atoms with E-state index in [2.05, 4.69) is 0 Å². The van der Waals surface area contributed by atoms with Gasteiger partial charge in [-0.3, -0.25) is 0 Å². The molecule has 6 heteroatoms. The van der Waals surface area contributed by atoms with Gasteiger partial charge in [0.25, 0.3) is 0 Å². The van der Waals surface area contributed by atoms with Gasteiger partial charge in [0, 0.05) is 7.11 Å². The SMILES string of the molecule is [2H]C(O)[C@H]1OC(OC)[C@H](N)[C@@H](O)[C@@H]1O. The lowest BCUT2D eigenvalue weighted by atomic mass is 9.98. The molecule has 0 aliphatic carbocycles. The number of methoxy groups -OCH3 is 1. The van der Waals surface area contributed by atoms with Crippen LogP contribution in [0.25, 0.3) is 0 Å². The monoisotopic (exact) mass is 194 g/mol. The van der Waals surface area contributed by atoms with Crippen molar-refractivity contribution in [3.8, 4) is 0 Å². The van der Waals surface area contributed by atoms with E-state index in [9.17, 15) is 10.2 Å². The van der Waals surface area contributed by atoms with Crippen LogP contribution in [-0.4, -0.2) is 59.7 Å². The molecule has 6 atom stereocenters. The normalized spacial score (nSPS) is 49.9. The highest BCUT2D eigenvalue weighted by Gasteiger charge is 2.42. The second-order valence-electron chi connectivity index (χ2n) is 2.91. The molecule has 0 aromatic heterocycles. The maximum Gasteiger partial charge on any atom is 0.175 e. The lowest BCUT2D eigenvalue weighted by Crippen LogP contribution is -2.62. The van der Waals surface area contributed by atoms with Gasteiger partial charge in [0.2, 0.25) is 0 Å². The van der Waals surface area contributed by atoms with Crippen molar-refractivity contribution in [2.24, 2.45) is 5.73 Å². The Labute approximate surface area is 77.3 Å². The average molecular weight is 194 g/mol. The molecular weight excluding hydrogens is 178 g/mol. The van der Waals surface area contributed by atoms with E-state index >= 15 is 0 Å². The summed E-state index contributed by atoms with van der Waals surface area (Å²) in [4.78, 5) is 0. The molecule has 1 rings (SSSR count). The van der Waals surface area contributed by atoms with Crippen LogP contribution in [0, 0.1) is 0 Å². The molecule has 13 heavy (non-hydrogen) atoms. The molecular formula is C7H15NO5. The van der Waals surface area contributed by atoms with E-state index in [1.807, 2.05) is 0 Å². The first kappa shape index (κ1) is 9.32. The first-order valence-electron chi connectivity index (χ1n) is 4.47. The maximum atomic E-state index is 9.44. The van der Waals surface area contributed by atoms with Crippen LogP contribution in [0.4, 0.5) is 0 Å². The molecule has 5 N–H and O–H groups in total. The summed E-state index contributed by atoms with van der Waals surface area (Å²) in [5.74, 6) is 0. The number of aliphatic hydroxyl groups is 3. The molecule has 78 valence electrons. The summed E-state index contributed by atoms with van der Waals surface area (Å²) in [6.07, 6.45) is -4.81. The van der Waals surface area contributed by atoms with Gasteiger partial charge in [-0.25, -0.2) is 0 Å². The van der Waals surface area contributed by atoms with E-state index < -0.39 is 37.2 Å². The molecule has 6 nitrogen and oxygen atoms in total. The summed E-state index contributed by atoms with van der Waals surface area (Å²) in [6.45, 7) is -1.65. The number of hydrogen-bond donors (Lipinski definition) is 4. The quantitative estimate of drug-likeness (QED) is 0.384. The van der Waals surface area contributed by atoms with Crippen LogP contribution in [0.2, 0.25) is 0 Å². The Balaban J connectivity index is 2.73. The fourth-order valence-corrected chi connectivity index (χ4v) is 1.25. The Morgan fingerprint density at radius 2 is 2.15 bits per heavy atom. The molecule has 0 radical (unpaired) electrons. The van der Waals surface area contributed by atoms with E-state index in [0.29, 0.717) is 0 Å². The van der Waals surface area contributed by atoms with Crippen LogP contribution in [0.15, 0.2) is 0 Å². The van der Waals surface area contributed by atoms with Crippen LogP contribution in [0.3, 0.4) is 0 Å². The van der Waals surface area contributed by atoms with Gasteiger partial charge < -0.3 is 30.5 Å². The standard InChI is InChI=1S/C7H15NO5/c1-12-7-4(8)6(11)5(10)3(2-9)13-7/h3-7,9-11H,2,8H2,1H3/t3-,4-,5-,6-,7?/m1/s1/i2D/t2?,3-,4-,5-,6-,7?. The molecule has 0 aromatic carbocycles. The number of aliphatic hydroxyl groups excluding tert-OH is 3. The van der Waals surface area contributed by atoms with Crippen LogP contribution >= 0.6 is 0 Å². The van der Waals surface area contributed by atoms with Gasteiger partial charge in [0.1, 0.15) is 18.3 Å². The Hall–Kier alpha value is -0.240. The molecule has 0 aromatic rings. The minimum absolute atomic E-state index is 0.898. The van der Waals surface area contributed by atoms with E-state index in [1.165, 1.54) is 7.11 Å². The van der Waals surface area contributed by atoms with Crippen LogP contribution in [-0.2, 0) is 9.47 Å². The zero-order valence-electron chi connectivity index (χ0n) is 8.20. The molecule has 0 spiro atoms. The zero-order chi connectivity index (χ0) is 10.9. The molecule has 0 amide bonds. The van der Waals surface area contributed by atoms with Gasteiger partial charge >= 0.3 is 0 Å². The molecule has 1 saturated heterocycles. The largest absolute Gasteiger partial charge is 0.394 e. The van der Waals surface area contributed by atoms with Crippen molar-refractivity contribution >= 4 is 0 Å². The zero-order valence-corrected chi connectivity index (χ0v) is 7.20. The fourth-order valence-electron chi connectivity index (χ4n) is 1.25. The number of ether oxygens (including phenoxy) is 2. The van der Waals surface area contributed by atoms with Crippen molar-refractivity contribution in [3.63, 3.8) is 0 Å². The molecule has 0 saturated carbocycles. The Morgan fingerprint density at radius 3 is 2.62 bits per heavy atom. The Bertz CT molecular complexity index is 191. The van der Waals surface area contributed by atoms with E-state index in [4.69, 9.17) is 21.7 Å². The Morgan fingerprint density at radius 1 is 1.54 bits per heavy atom. The average Bonchev–Trinajstić information content (AvgIpc) is 2.14. The summed E-state index contributed by atoms with van der Waals surface area (Å²) in [7, 11) is 1.32. The Kier molecular flexibility index (Phi) is 3.09.